The van der Waals surface area contributed by atoms with Gasteiger partial charge in [-0.25, -0.2) is 0 Å². The third-order valence-corrected chi connectivity index (χ3v) is 3.87. The molecular formula is C16H21ClN2O. The van der Waals surface area contributed by atoms with E-state index < -0.39 is 0 Å². The Morgan fingerprint density at radius 3 is 2.90 bits per heavy atom. The molecule has 0 unspecified atom stereocenters. The van der Waals surface area contributed by atoms with Gasteiger partial charge in [0.05, 0.1) is 5.92 Å². The fourth-order valence-corrected chi connectivity index (χ4v) is 2.70. The van der Waals surface area contributed by atoms with Crippen molar-refractivity contribution in [2.24, 2.45) is 5.92 Å². The van der Waals surface area contributed by atoms with Crippen molar-refractivity contribution in [2.75, 3.05) is 19.6 Å². The van der Waals surface area contributed by atoms with Crippen LogP contribution in [-0.4, -0.2) is 30.4 Å². The number of likely N-dealkylation sites (tertiary alicyclic amines) is 1. The maximum absolute atomic E-state index is 12.0. The summed E-state index contributed by atoms with van der Waals surface area (Å²) in [5.41, 5.74) is 1.24. The number of carbonyl (C=O) groups is 1. The first-order valence-corrected chi connectivity index (χ1v) is 7.42. The lowest BCUT2D eigenvalue weighted by Crippen LogP contribution is -2.42. The minimum Gasteiger partial charge on any atom is -0.352 e. The Hall–Kier alpha value is -1.32. The molecule has 3 nitrogen and oxygen atoms in total. The minimum atomic E-state index is 0.0935. The smallest absolute Gasteiger partial charge is 0.224 e. The molecule has 1 aromatic rings. The van der Waals surface area contributed by atoms with E-state index in [9.17, 15) is 4.79 Å². The van der Waals surface area contributed by atoms with Gasteiger partial charge in [0.25, 0.3) is 0 Å². The van der Waals surface area contributed by atoms with Gasteiger partial charge in [-0.3, -0.25) is 9.69 Å². The fraction of sp³-hybridized carbons (Fsp3) is 0.438. The van der Waals surface area contributed by atoms with Gasteiger partial charge in [-0.15, -0.1) is 6.58 Å². The molecule has 0 aromatic heterocycles. The van der Waals surface area contributed by atoms with E-state index in [1.165, 1.54) is 5.56 Å². The topological polar surface area (TPSA) is 32.3 Å². The number of piperidine rings is 1. The molecule has 1 fully saturated rings. The van der Waals surface area contributed by atoms with Crippen molar-refractivity contribution in [3.05, 3.63) is 47.5 Å². The van der Waals surface area contributed by atoms with E-state index in [2.05, 4.69) is 16.8 Å². The summed E-state index contributed by atoms with van der Waals surface area (Å²) in [5, 5.41) is 3.65. The first-order valence-electron chi connectivity index (χ1n) is 7.04. The quantitative estimate of drug-likeness (QED) is 0.847. The van der Waals surface area contributed by atoms with E-state index in [4.69, 9.17) is 11.6 Å². The molecule has 1 heterocycles. The van der Waals surface area contributed by atoms with Crippen molar-refractivity contribution in [1.82, 2.24) is 10.2 Å². The number of hydrogen-bond donors (Lipinski definition) is 1. The first kappa shape index (κ1) is 15.1. The predicted octanol–water partition coefficient (Wildman–Crippen LogP) is 2.85. The second-order valence-corrected chi connectivity index (χ2v) is 5.67. The van der Waals surface area contributed by atoms with Crippen LogP contribution in [0.1, 0.15) is 18.4 Å². The SMILES string of the molecule is C=CCNC(=O)[C@H]1CCCN(Cc2ccc(Cl)cc2)C1. The maximum atomic E-state index is 12.0. The Kier molecular flexibility index (Phi) is 5.62. The molecule has 1 aromatic carbocycles. The maximum Gasteiger partial charge on any atom is 0.224 e. The van der Waals surface area contributed by atoms with Gasteiger partial charge in [-0.2, -0.15) is 0 Å². The Balaban J connectivity index is 1.88. The summed E-state index contributed by atoms with van der Waals surface area (Å²) in [5.74, 6) is 0.238. The van der Waals surface area contributed by atoms with Crippen molar-refractivity contribution >= 4 is 17.5 Å². The van der Waals surface area contributed by atoms with Gasteiger partial charge in [0.1, 0.15) is 0 Å². The number of nitrogens with one attached hydrogen (secondary N) is 1. The third kappa shape index (κ3) is 4.36. The van der Waals surface area contributed by atoms with Crippen molar-refractivity contribution in [3.63, 3.8) is 0 Å². The number of hydrogen-bond acceptors (Lipinski definition) is 2. The van der Waals surface area contributed by atoms with Gasteiger partial charge < -0.3 is 5.32 Å². The second-order valence-electron chi connectivity index (χ2n) is 5.23. The summed E-state index contributed by atoms with van der Waals surface area (Å²) < 4.78 is 0. The number of nitrogens with zero attached hydrogens (tertiary/aromatic N) is 1. The summed E-state index contributed by atoms with van der Waals surface area (Å²) in [6.07, 6.45) is 3.76. The van der Waals surface area contributed by atoms with E-state index in [1.54, 1.807) is 6.08 Å². The van der Waals surface area contributed by atoms with Gasteiger partial charge >= 0.3 is 0 Å². The highest BCUT2D eigenvalue weighted by Crippen LogP contribution is 2.19. The van der Waals surface area contributed by atoms with Crippen LogP contribution in [0.25, 0.3) is 0 Å². The predicted molar refractivity (Wildman–Crippen MR) is 82.7 cm³/mol. The molecule has 20 heavy (non-hydrogen) atoms. The second kappa shape index (κ2) is 7.46. The molecule has 1 atom stereocenters. The van der Waals surface area contributed by atoms with Crippen LogP contribution < -0.4 is 5.32 Å². The number of amides is 1. The van der Waals surface area contributed by atoms with Crippen molar-refractivity contribution in [3.8, 4) is 0 Å². The average molecular weight is 293 g/mol. The largest absolute Gasteiger partial charge is 0.352 e. The number of carbonyl (C=O) groups excluding carboxylic acids is 1. The van der Waals surface area contributed by atoms with Crippen LogP contribution in [0.2, 0.25) is 5.02 Å². The van der Waals surface area contributed by atoms with E-state index >= 15 is 0 Å². The fourth-order valence-electron chi connectivity index (χ4n) is 2.58. The summed E-state index contributed by atoms with van der Waals surface area (Å²) in [6.45, 7) is 6.92. The lowest BCUT2D eigenvalue weighted by atomic mass is 9.96. The van der Waals surface area contributed by atoms with Crippen LogP contribution >= 0.6 is 11.6 Å². The molecule has 0 radical (unpaired) electrons. The summed E-state index contributed by atoms with van der Waals surface area (Å²) in [6, 6.07) is 7.91. The van der Waals surface area contributed by atoms with Crippen LogP contribution in [0.4, 0.5) is 0 Å². The highest BCUT2D eigenvalue weighted by Gasteiger charge is 2.25. The third-order valence-electron chi connectivity index (χ3n) is 3.62. The first-order chi connectivity index (χ1) is 9.69. The van der Waals surface area contributed by atoms with Gasteiger partial charge in [-0.1, -0.05) is 29.8 Å². The summed E-state index contributed by atoms with van der Waals surface area (Å²) >= 11 is 5.89. The minimum absolute atomic E-state index is 0.0935. The van der Waals surface area contributed by atoms with E-state index in [1.807, 2.05) is 24.3 Å². The molecule has 4 heteroatoms. The van der Waals surface area contributed by atoms with Crippen molar-refractivity contribution in [1.29, 1.82) is 0 Å². The van der Waals surface area contributed by atoms with Crippen LogP contribution in [0.3, 0.4) is 0 Å². The number of benzene rings is 1. The lowest BCUT2D eigenvalue weighted by Gasteiger charge is -2.32. The average Bonchev–Trinajstić information content (AvgIpc) is 2.47. The van der Waals surface area contributed by atoms with E-state index in [-0.39, 0.29) is 11.8 Å². The highest BCUT2D eigenvalue weighted by molar-refractivity contribution is 6.30. The van der Waals surface area contributed by atoms with Crippen molar-refractivity contribution < 1.29 is 4.79 Å². The normalized spacial score (nSPS) is 19.6. The van der Waals surface area contributed by atoms with Gasteiger partial charge in [0, 0.05) is 24.7 Å². The van der Waals surface area contributed by atoms with Gasteiger partial charge in [0.15, 0.2) is 0 Å². The molecule has 1 saturated heterocycles. The van der Waals surface area contributed by atoms with Crippen molar-refractivity contribution in [2.45, 2.75) is 19.4 Å². The molecule has 1 aliphatic heterocycles. The molecule has 2 rings (SSSR count). The zero-order valence-electron chi connectivity index (χ0n) is 11.6. The highest BCUT2D eigenvalue weighted by atomic mass is 35.5. The molecule has 1 N–H and O–H groups in total. The Labute approximate surface area is 125 Å². The molecule has 1 amide bonds. The van der Waals surface area contributed by atoms with E-state index in [0.29, 0.717) is 6.54 Å². The zero-order chi connectivity index (χ0) is 14.4. The van der Waals surface area contributed by atoms with Crippen LogP contribution in [-0.2, 0) is 11.3 Å². The number of rotatable bonds is 5. The standard InChI is InChI=1S/C16H21ClN2O/c1-2-9-18-16(20)14-4-3-10-19(12-14)11-13-5-7-15(17)8-6-13/h2,5-8,14H,1,3-4,9-12H2,(H,18,20)/t14-/m0/s1. The molecule has 0 saturated carbocycles. The Morgan fingerprint density at radius 2 is 2.20 bits per heavy atom. The van der Waals surface area contributed by atoms with Gasteiger partial charge in [-0.05, 0) is 37.1 Å². The monoisotopic (exact) mass is 292 g/mol. The van der Waals surface area contributed by atoms with Gasteiger partial charge in [0.2, 0.25) is 5.91 Å². The van der Waals surface area contributed by atoms with E-state index in [0.717, 1.165) is 37.5 Å². The van der Waals surface area contributed by atoms with Crippen LogP contribution in [0.15, 0.2) is 36.9 Å². The Bertz CT molecular complexity index is 458. The summed E-state index contributed by atoms with van der Waals surface area (Å²) in [7, 11) is 0. The van der Waals surface area contributed by atoms with Crippen LogP contribution in [0, 0.1) is 5.92 Å². The molecule has 1 aliphatic rings. The molecule has 108 valence electrons. The molecule has 0 spiro atoms. The summed E-state index contributed by atoms with van der Waals surface area (Å²) in [4.78, 5) is 14.3. The number of halogens is 1. The Morgan fingerprint density at radius 1 is 1.45 bits per heavy atom. The van der Waals surface area contributed by atoms with Crippen LogP contribution in [0.5, 0.6) is 0 Å². The zero-order valence-corrected chi connectivity index (χ0v) is 12.4. The molecule has 0 bridgehead atoms. The lowest BCUT2D eigenvalue weighted by molar-refractivity contribution is -0.126. The molecular weight excluding hydrogens is 272 g/mol. The molecule has 0 aliphatic carbocycles.